The third-order valence-corrected chi connectivity index (χ3v) is 5.49. The first-order valence-electron chi connectivity index (χ1n) is 17.2. The van der Waals surface area contributed by atoms with E-state index in [1.165, 1.54) is 16.7 Å². The van der Waals surface area contributed by atoms with Gasteiger partial charge < -0.3 is 82.2 Å². The predicted molar refractivity (Wildman–Crippen MR) is 185 cm³/mol. The molecule has 0 radical (unpaired) electrons. The van der Waals surface area contributed by atoms with Crippen molar-refractivity contribution in [2.24, 2.45) is 0 Å². The Balaban J connectivity index is -0.0000000893. The van der Waals surface area contributed by atoms with Gasteiger partial charge in [-0.15, -0.1) is 0 Å². The van der Waals surface area contributed by atoms with Gasteiger partial charge in [0.05, 0.1) is 47.4 Å². The summed E-state index contributed by atoms with van der Waals surface area (Å²) in [5, 5.41) is 16.8. The zero-order valence-corrected chi connectivity index (χ0v) is 53.2. The van der Waals surface area contributed by atoms with Crippen LogP contribution in [-0.4, -0.2) is 141 Å². The van der Waals surface area contributed by atoms with Gasteiger partial charge in [-0.05, 0) is 48.5 Å². The first-order chi connectivity index (χ1) is 26.3. The maximum atomic E-state index is 11.6. The van der Waals surface area contributed by atoms with Crippen LogP contribution in [0.1, 0.15) is 82.4 Å². The molecule has 0 aromatic heterocycles. The molecule has 2 atom stereocenters. The maximum absolute atomic E-state index is 11.6. The zero-order valence-electron chi connectivity index (χ0n) is 36.7. The fourth-order valence-electron chi connectivity index (χ4n) is 3.02. The monoisotopic (exact) mass is 1240 g/mol. The molecule has 59 heavy (non-hydrogen) atoms. The van der Waals surface area contributed by atoms with Crippen molar-refractivity contribution in [3.8, 4) is 0 Å². The van der Waals surface area contributed by atoms with Crippen LogP contribution in [0.25, 0.3) is 0 Å². The molecule has 2 unspecified atom stereocenters. The Kier molecular flexibility index (Phi) is 76.9. The van der Waals surface area contributed by atoms with Gasteiger partial charge in [0.15, 0.2) is 18.8 Å². The molecule has 0 rings (SSSR count). The quantitative estimate of drug-likeness (QED) is 0.0136. The summed E-state index contributed by atoms with van der Waals surface area (Å²) < 4.78 is 47.7. The Labute approximate surface area is 508 Å². The Bertz CT molecular complexity index is 1140. The molecule has 0 aromatic rings. The molecular weight excluding hydrogens is 1190 g/mol. The van der Waals surface area contributed by atoms with E-state index in [-0.39, 0.29) is 255 Å². The minimum absolute atomic E-state index is 0. The number of aliphatic carboxylic acids is 1. The molecule has 0 saturated heterocycles. The molecule has 0 aromatic carbocycles. The summed E-state index contributed by atoms with van der Waals surface area (Å²) >= 11 is 5.29. The topological polar surface area (TPSA) is 277 Å². The summed E-state index contributed by atoms with van der Waals surface area (Å²) in [7, 11) is -1.00. The predicted octanol–water partition coefficient (Wildman–Crippen LogP) is -9.72. The fourth-order valence-corrected chi connectivity index (χ4v) is 3.09. The second-order valence-electron chi connectivity index (χ2n) is 9.24. The standard InChI is InChI=1S/C15H25NO8.C10H17NO5.C5H9ClO3.CH3F.CH2O3.2Cs.HI.Na/c1-5-16(6-2)12(17)10-22-13(18)8-9-14(19)23-11(4)24-15(20)21-7-3;1-3-11(4-2)8(12)7-16-10(15)6-5-9(13)14;1-3-8-5(7)9-4(2)6;1-2;2-1-4-3;;;;/h11H,5-10H2,1-4H3;3-7H2,1-2H3,(H,13,14);4H,3H2,1-2H3;1H3;1,3H;;;1H;/q;;;;;2*+1;;+1/p-2/i;;;1D;;;;;. The molecule has 27 heteroatoms. The number of hydrogen-bond acceptors (Lipinski definition) is 18. The van der Waals surface area contributed by atoms with Crippen molar-refractivity contribution in [2.45, 2.75) is 92.9 Å². The first-order valence-corrected chi connectivity index (χ1v) is 16.9. The molecule has 0 spiro atoms. The second kappa shape index (κ2) is 58.8. The number of likely N-dealkylation sites (N-methyl/N-ethyl adjacent to an activating group) is 2. The second-order valence-corrected chi connectivity index (χ2v) is 9.86. The molecule has 0 aliphatic rings. The third kappa shape index (κ3) is 61.0. The van der Waals surface area contributed by atoms with Crippen molar-refractivity contribution >= 4 is 66.1 Å². The Morgan fingerprint density at radius 2 is 1.02 bits per heavy atom. The average Bonchev–Trinajstić information content (AvgIpc) is 3.13. The van der Waals surface area contributed by atoms with E-state index in [0.29, 0.717) is 32.8 Å². The average molecular weight is 1240 g/mol. The molecule has 0 heterocycles. The van der Waals surface area contributed by atoms with Crippen LogP contribution in [0, 0.1) is 0 Å². The van der Waals surface area contributed by atoms with Crippen molar-refractivity contribution in [3.63, 3.8) is 0 Å². The van der Waals surface area contributed by atoms with Crippen LogP contribution in [-0.2, 0) is 71.6 Å². The minimum atomic E-state index is -1.13. The van der Waals surface area contributed by atoms with E-state index in [2.05, 4.69) is 28.6 Å². The van der Waals surface area contributed by atoms with Crippen molar-refractivity contribution in [2.75, 3.05) is 59.8 Å². The zero-order chi connectivity index (χ0) is 44.5. The molecule has 0 aliphatic heterocycles. The number of amides is 2. The molecule has 0 fully saturated rings. The smallest absolute Gasteiger partial charge is 1.00 e. The van der Waals surface area contributed by atoms with E-state index in [9.17, 15) is 42.7 Å². The van der Waals surface area contributed by atoms with Crippen LogP contribution >= 0.6 is 11.6 Å². The molecule has 330 valence electrons. The van der Waals surface area contributed by atoms with Crippen LogP contribution < -0.4 is 197 Å². The van der Waals surface area contributed by atoms with Gasteiger partial charge >= 0.3 is 204 Å². The summed E-state index contributed by atoms with van der Waals surface area (Å²) in [4.78, 5) is 103. The van der Waals surface area contributed by atoms with E-state index in [0.717, 1.165) is 0 Å². The van der Waals surface area contributed by atoms with Gasteiger partial charge in [-0.3, -0.25) is 38.0 Å². The minimum Gasteiger partial charge on any atom is -1.00 e. The molecule has 1 N–H and O–H groups in total. The van der Waals surface area contributed by atoms with Crippen LogP contribution in [0.4, 0.5) is 14.0 Å². The van der Waals surface area contributed by atoms with E-state index in [1.54, 1.807) is 20.8 Å². The number of carboxylic acid groups (broad SMARTS) is 1. The van der Waals surface area contributed by atoms with Crippen LogP contribution in [0.5, 0.6) is 0 Å². The van der Waals surface area contributed by atoms with Gasteiger partial charge in [0.25, 0.3) is 18.3 Å². The number of halogens is 3. The van der Waals surface area contributed by atoms with E-state index in [1.807, 2.05) is 27.7 Å². The Hall–Kier alpha value is 0.844. The number of carbonyl (C=O) groups is 9. The number of carbonyl (C=O) groups excluding carboxylic acids is 8. The summed E-state index contributed by atoms with van der Waals surface area (Å²) in [6.07, 6.45) is -3.78. The Morgan fingerprint density at radius 3 is 1.31 bits per heavy atom. The van der Waals surface area contributed by atoms with E-state index >= 15 is 0 Å². The first kappa shape index (κ1) is 77.1. The molecule has 21 nitrogen and oxygen atoms in total. The number of carboxylic acids is 1. The summed E-state index contributed by atoms with van der Waals surface area (Å²) in [6, 6.07) is 0. The van der Waals surface area contributed by atoms with Crippen molar-refractivity contribution in [1.29, 1.82) is 0 Å². The van der Waals surface area contributed by atoms with Crippen LogP contribution in [0.2, 0.25) is 0 Å². The summed E-state index contributed by atoms with van der Waals surface area (Å²) in [6.45, 7) is 15.2. The van der Waals surface area contributed by atoms with Crippen molar-refractivity contribution < 1.29 is 289 Å². The third-order valence-electron chi connectivity index (χ3n) is 5.40. The number of alkyl halides is 2. The summed E-state index contributed by atoms with van der Waals surface area (Å²) in [5.74, 6) is -3.72. The van der Waals surface area contributed by atoms with Gasteiger partial charge in [0, 0.05) is 33.1 Å². The molecular formula is C32H55ClCs2FIN2NaO19+. The van der Waals surface area contributed by atoms with E-state index in [4.69, 9.17) is 37.6 Å². The maximum Gasteiger partial charge on any atom is 1.00 e. The number of hydrogen-bond donors (Lipinski definition) is 1. The largest absolute Gasteiger partial charge is 1.00 e. The fraction of sp³-hybridized carbons (Fsp3) is 0.719. The van der Waals surface area contributed by atoms with Crippen molar-refractivity contribution in [3.05, 3.63) is 0 Å². The van der Waals surface area contributed by atoms with Gasteiger partial charge in [-0.2, -0.15) is 0 Å². The number of rotatable bonds is 20. The molecule has 0 saturated carbocycles. The number of nitrogens with zero attached hydrogens (tertiary/aromatic N) is 2. The Morgan fingerprint density at radius 1 is 0.695 bits per heavy atom. The SMILES string of the molecule is CCN(CC)C(=O)COC(=O)CCC(=O)O.CCOC(=O)OC(C)Cl.CCOC(=O)OC(C)OC(=O)CCC(=O)OCC(=O)N(CC)CC.O=CO[O-].[2H]CF.[Cs+].[Cs+].[I-].[Na+]. The summed E-state index contributed by atoms with van der Waals surface area (Å²) in [5.41, 5.74) is -0.621. The molecule has 0 bridgehead atoms. The van der Waals surface area contributed by atoms with Gasteiger partial charge in [-0.1, -0.05) is 11.6 Å². The van der Waals surface area contributed by atoms with Crippen molar-refractivity contribution in [1.82, 2.24) is 9.80 Å². The molecule has 0 aliphatic carbocycles. The van der Waals surface area contributed by atoms with Crippen LogP contribution in [0.15, 0.2) is 0 Å². The van der Waals surface area contributed by atoms with Gasteiger partial charge in [0.2, 0.25) is 6.29 Å². The number of esters is 3. The van der Waals surface area contributed by atoms with Gasteiger partial charge in [0.1, 0.15) is 0 Å². The van der Waals surface area contributed by atoms with Gasteiger partial charge in [-0.25, -0.2) is 9.59 Å². The normalized spacial score (nSPS) is 9.71. The molecule has 2 amide bonds. The van der Waals surface area contributed by atoms with E-state index < -0.39 is 55.2 Å². The number of ether oxygens (including phenoxy) is 7. The van der Waals surface area contributed by atoms with Crippen LogP contribution in [0.3, 0.4) is 0 Å².